The molecule has 0 heterocycles. The molecule has 6 nitrogen and oxygen atoms in total. The summed E-state index contributed by atoms with van der Waals surface area (Å²) in [4.78, 5) is 37.7. The number of carbonyl (C=O) groups is 3. The van der Waals surface area contributed by atoms with Gasteiger partial charge in [0.15, 0.2) is 6.10 Å². The number of allylic oxidation sites excluding steroid dienone is 16. The molecule has 0 aromatic rings. The van der Waals surface area contributed by atoms with E-state index in [0.717, 1.165) is 103 Å². The first kappa shape index (κ1) is 60.3. The Labute approximate surface area is 394 Å². The fourth-order valence-corrected chi connectivity index (χ4v) is 6.95. The quantitative estimate of drug-likeness (QED) is 0.0262. The Morgan fingerprint density at radius 3 is 0.984 bits per heavy atom. The van der Waals surface area contributed by atoms with Crippen LogP contribution in [0.15, 0.2) is 97.2 Å². The zero-order chi connectivity index (χ0) is 46.5. The van der Waals surface area contributed by atoms with Crippen molar-refractivity contribution in [1.29, 1.82) is 0 Å². The highest BCUT2D eigenvalue weighted by Gasteiger charge is 2.19. The Bertz CT molecular complexity index is 1300. The number of hydrogen-bond acceptors (Lipinski definition) is 6. The molecule has 0 bridgehead atoms. The second kappa shape index (κ2) is 52.0. The predicted molar refractivity (Wildman–Crippen MR) is 274 cm³/mol. The molecule has 0 aliphatic rings. The van der Waals surface area contributed by atoms with Crippen molar-refractivity contribution in [2.75, 3.05) is 13.2 Å². The lowest BCUT2D eigenvalue weighted by Gasteiger charge is -2.18. The number of rotatable bonds is 46. The summed E-state index contributed by atoms with van der Waals surface area (Å²) in [5, 5.41) is 0. The maximum absolute atomic E-state index is 12.7. The third-order valence-corrected chi connectivity index (χ3v) is 10.8. The molecule has 0 N–H and O–H groups in total. The highest BCUT2D eigenvalue weighted by Crippen LogP contribution is 2.14. The van der Waals surface area contributed by atoms with Gasteiger partial charge in [-0.3, -0.25) is 14.4 Å². The van der Waals surface area contributed by atoms with Crippen LogP contribution in [0.3, 0.4) is 0 Å². The summed E-state index contributed by atoms with van der Waals surface area (Å²) < 4.78 is 16.7. The normalized spacial score (nSPS) is 12.9. The van der Waals surface area contributed by atoms with Crippen LogP contribution < -0.4 is 0 Å². The van der Waals surface area contributed by atoms with Crippen molar-refractivity contribution >= 4 is 17.9 Å². The monoisotopic (exact) mass is 889 g/mol. The van der Waals surface area contributed by atoms with Crippen molar-refractivity contribution in [3.63, 3.8) is 0 Å². The van der Waals surface area contributed by atoms with Gasteiger partial charge in [0, 0.05) is 19.3 Å². The van der Waals surface area contributed by atoms with Crippen molar-refractivity contribution in [3.05, 3.63) is 97.2 Å². The Morgan fingerprint density at radius 1 is 0.328 bits per heavy atom. The van der Waals surface area contributed by atoms with Crippen molar-refractivity contribution in [3.8, 4) is 0 Å². The van der Waals surface area contributed by atoms with Crippen molar-refractivity contribution in [2.45, 2.75) is 239 Å². The molecule has 0 aromatic heterocycles. The maximum atomic E-state index is 12.7. The van der Waals surface area contributed by atoms with Gasteiger partial charge >= 0.3 is 17.9 Å². The van der Waals surface area contributed by atoms with E-state index in [0.29, 0.717) is 19.3 Å². The van der Waals surface area contributed by atoms with Crippen LogP contribution in [0.5, 0.6) is 0 Å². The number of unbranched alkanes of at least 4 members (excludes halogenated alkanes) is 19. The molecule has 1 atom stereocenters. The fraction of sp³-hybridized carbons (Fsp3) is 0.672. The molecule has 0 fully saturated rings. The lowest BCUT2D eigenvalue weighted by Crippen LogP contribution is -2.30. The van der Waals surface area contributed by atoms with Gasteiger partial charge < -0.3 is 14.2 Å². The van der Waals surface area contributed by atoms with Crippen molar-refractivity contribution in [2.24, 2.45) is 0 Å². The molecular weight excluding hydrogens is 793 g/mol. The minimum absolute atomic E-state index is 0.0949. The van der Waals surface area contributed by atoms with E-state index in [1.807, 2.05) is 0 Å². The molecule has 0 rings (SSSR count). The van der Waals surface area contributed by atoms with E-state index in [1.165, 1.54) is 83.5 Å². The van der Waals surface area contributed by atoms with E-state index < -0.39 is 6.10 Å². The lowest BCUT2D eigenvalue weighted by molar-refractivity contribution is -0.167. The van der Waals surface area contributed by atoms with Gasteiger partial charge in [-0.25, -0.2) is 0 Å². The topological polar surface area (TPSA) is 78.9 Å². The molecular formula is C58H96O6. The second-order valence-electron chi connectivity index (χ2n) is 17.0. The zero-order valence-corrected chi connectivity index (χ0v) is 41.5. The molecule has 0 spiro atoms. The molecule has 64 heavy (non-hydrogen) atoms. The van der Waals surface area contributed by atoms with Crippen LogP contribution >= 0.6 is 0 Å². The van der Waals surface area contributed by atoms with Gasteiger partial charge in [-0.2, -0.15) is 0 Å². The predicted octanol–water partition coefficient (Wildman–Crippen LogP) is 17.4. The summed E-state index contributed by atoms with van der Waals surface area (Å²) in [6.45, 7) is 6.31. The third kappa shape index (κ3) is 49.3. The summed E-state index contributed by atoms with van der Waals surface area (Å²) in [6.07, 6.45) is 68.6. The molecule has 364 valence electrons. The van der Waals surface area contributed by atoms with Crippen LogP contribution in [-0.4, -0.2) is 37.2 Å². The molecule has 6 heteroatoms. The number of hydrogen-bond donors (Lipinski definition) is 0. The first-order chi connectivity index (χ1) is 31.5. The highest BCUT2D eigenvalue weighted by molar-refractivity contribution is 5.71. The van der Waals surface area contributed by atoms with Crippen LogP contribution in [0.2, 0.25) is 0 Å². The molecule has 0 saturated carbocycles. The first-order valence-corrected chi connectivity index (χ1v) is 26.2. The summed E-state index contributed by atoms with van der Waals surface area (Å²) >= 11 is 0. The Hall–Kier alpha value is -3.67. The molecule has 0 radical (unpaired) electrons. The molecule has 0 amide bonds. The molecule has 1 unspecified atom stereocenters. The van der Waals surface area contributed by atoms with E-state index in [2.05, 4.69) is 118 Å². The fourth-order valence-electron chi connectivity index (χ4n) is 6.95. The van der Waals surface area contributed by atoms with Crippen molar-refractivity contribution in [1.82, 2.24) is 0 Å². The average Bonchev–Trinajstić information content (AvgIpc) is 3.29. The summed E-state index contributed by atoms with van der Waals surface area (Å²) in [5.41, 5.74) is 0. The third-order valence-electron chi connectivity index (χ3n) is 10.8. The highest BCUT2D eigenvalue weighted by atomic mass is 16.6. The van der Waals surface area contributed by atoms with Gasteiger partial charge in [-0.05, 0) is 96.3 Å². The van der Waals surface area contributed by atoms with Gasteiger partial charge in [0.2, 0.25) is 0 Å². The number of carbonyl (C=O) groups excluding carboxylic acids is 3. The standard InChI is InChI=1S/C58H96O6/c1-4-7-10-13-16-18-20-22-24-25-26-27-28-29-30-31-32-33-35-36-38-40-42-45-48-51-57(60)63-54-55(53-62-56(59)50-47-44-15-12-9-6-3)64-58(61)52-49-46-43-41-39-37-34-23-21-19-17-14-11-8-5-2/h7-8,10-11,16-19,22-24,26-27,34,39,41,55H,4-6,9,12-15,20-21,25,28-33,35-38,40,42-54H2,1-3H3/b10-7-,11-8-,18-16-,19-17-,24-22-,27-26-,34-23-,41-39-. The second-order valence-corrected chi connectivity index (χ2v) is 17.0. The van der Waals surface area contributed by atoms with Gasteiger partial charge in [0.05, 0.1) is 0 Å². The lowest BCUT2D eigenvalue weighted by atomic mass is 10.0. The summed E-state index contributed by atoms with van der Waals surface area (Å²) in [7, 11) is 0. The smallest absolute Gasteiger partial charge is 0.306 e. The van der Waals surface area contributed by atoms with Gasteiger partial charge in [0.25, 0.3) is 0 Å². The van der Waals surface area contributed by atoms with Crippen LogP contribution in [0.25, 0.3) is 0 Å². The molecule has 0 aliphatic carbocycles. The van der Waals surface area contributed by atoms with Crippen LogP contribution in [0, 0.1) is 0 Å². The molecule has 0 aromatic carbocycles. The maximum Gasteiger partial charge on any atom is 0.306 e. The Morgan fingerprint density at radius 2 is 0.609 bits per heavy atom. The first-order valence-electron chi connectivity index (χ1n) is 26.2. The van der Waals surface area contributed by atoms with Crippen LogP contribution in [-0.2, 0) is 28.6 Å². The van der Waals surface area contributed by atoms with Gasteiger partial charge in [0.1, 0.15) is 13.2 Å². The van der Waals surface area contributed by atoms with E-state index in [9.17, 15) is 14.4 Å². The van der Waals surface area contributed by atoms with Gasteiger partial charge in [-0.15, -0.1) is 0 Å². The van der Waals surface area contributed by atoms with Crippen LogP contribution in [0.1, 0.15) is 233 Å². The van der Waals surface area contributed by atoms with Crippen molar-refractivity contribution < 1.29 is 28.6 Å². The zero-order valence-electron chi connectivity index (χ0n) is 41.5. The molecule has 0 saturated heterocycles. The van der Waals surface area contributed by atoms with E-state index >= 15 is 0 Å². The number of ether oxygens (including phenoxy) is 3. The summed E-state index contributed by atoms with van der Waals surface area (Å²) in [6, 6.07) is 0. The minimum atomic E-state index is -0.796. The van der Waals surface area contributed by atoms with E-state index in [4.69, 9.17) is 14.2 Å². The summed E-state index contributed by atoms with van der Waals surface area (Å²) in [5.74, 6) is -0.951. The minimum Gasteiger partial charge on any atom is -0.462 e. The van der Waals surface area contributed by atoms with Gasteiger partial charge in [-0.1, -0.05) is 214 Å². The number of esters is 3. The Kier molecular flexibility index (Phi) is 49.0. The molecule has 0 aliphatic heterocycles. The SMILES string of the molecule is CC/C=C\C/C=C\C/C=C\C/C=C\CCCCCCCCCCCCCCC(=O)OCC(COC(=O)CCCCCCCC)OC(=O)CCCC/C=C\C/C=C\C/C=C\C/C=C\CC. The largest absolute Gasteiger partial charge is 0.462 e. The average molecular weight is 889 g/mol. The van der Waals surface area contributed by atoms with E-state index in [1.54, 1.807) is 0 Å². The van der Waals surface area contributed by atoms with Crippen LogP contribution in [0.4, 0.5) is 0 Å². The van der Waals surface area contributed by atoms with E-state index in [-0.39, 0.29) is 37.5 Å². The Balaban J connectivity index is 4.19.